The normalized spacial score (nSPS) is 29.0. The molecule has 30 heavy (non-hydrogen) atoms. The second-order valence-corrected chi connectivity index (χ2v) is 7.47. The van der Waals surface area contributed by atoms with Crippen molar-refractivity contribution in [1.29, 1.82) is 0 Å². The van der Waals surface area contributed by atoms with Crippen molar-refractivity contribution in [2.24, 2.45) is 0 Å². The molecule has 12 heteroatoms. The number of imidazole rings is 1. The van der Waals surface area contributed by atoms with E-state index in [1.807, 2.05) is 0 Å². The van der Waals surface area contributed by atoms with Crippen molar-refractivity contribution >= 4 is 22.9 Å². The summed E-state index contributed by atoms with van der Waals surface area (Å²) in [5, 5.41) is 45.2. The van der Waals surface area contributed by atoms with Crippen molar-refractivity contribution in [3.8, 4) is 0 Å². The molecular weight excluding hydrogens is 396 g/mol. The van der Waals surface area contributed by atoms with Crippen molar-refractivity contribution in [3.05, 3.63) is 6.33 Å². The number of anilines is 2. The molecule has 12 nitrogen and oxygen atoms in total. The highest BCUT2D eigenvalue weighted by atomic mass is 16.6. The first-order chi connectivity index (χ1) is 14.6. The molecule has 0 bridgehead atoms. The van der Waals surface area contributed by atoms with E-state index < -0.39 is 31.1 Å². The van der Waals surface area contributed by atoms with Crippen LogP contribution in [0, 0.1) is 0 Å². The zero-order valence-electron chi connectivity index (χ0n) is 16.5. The van der Waals surface area contributed by atoms with Gasteiger partial charge in [0.05, 0.1) is 19.0 Å². The van der Waals surface area contributed by atoms with Crippen molar-refractivity contribution in [3.63, 3.8) is 0 Å². The summed E-state index contributed by atoms with van der Waals surface area (Å²) in [7, 11) is 0. The van der Waals surface area contributed by atoms with Gasteiger partial charge < -0.3 is 40.5 Å². The van der Waals surface area contributed by atoms with E-state index in [-0.39, 0.29) is 12.7 Å². The zero-order chi connectivity index (χ0) is 21.1. The molecular formula is C18H28N6O6. The molecule has 2 saturated heterocycles. The first kappa shape index (κ1) is 21.2. The van der Waals surface area contributed by atoms with Crippen LogP contribution < -0.4 is 10.6 Å². The molecule has 0 saturated carbocycles. The number of hydrogen-bond acceptors (Lipinski definition) is 11. The van der Waals surface area contributed by atoms with Crippen LogP contribution in [0.5, 0.6) is 0 Å². The summed E-state index contributed by atoms with van der Waals surface area (Å²) in [6.07, 6.45) is -0.218. The Labute approximate surface area is 172 Å². The van der Waals surface area contributed by atoms with Gasteiger partial charge in [-0.3, -0.25) is 4.57 Å². The number of hydrogen-bond donors (Lipinski definition) is 6. The van der Waals surface area contributed by atoms with E-state index in [0.717, 1.165) is 19.4 Å². The fourth-order valence-electron chi connectivity index (χ4n) is 3.71. The lowest BCUT2D eigenvalue weighted by Gasteiger charge is -2.17. The van der Waals surface area contributed by atoms with Crippen LogP contribution in [-0.2, 0) is 9.47 Å². The molecule has 0 aromatic carbocycles. The number of nitrogens with zero attached hydrogens (tertiary/aromatic N) is 4. The quantitative estimate of drug-likeness (QED) is 0.268. The molecule has 166 valence electrons. The summed E-state index contributed by atoms with van der Waals surface area (Å²) >= 11 is 0. The Kier molecular flexibility index (Phi) is 6.61. The number of nitrogens with one attached hydrogen (secondary N) is 2. The average Bonchev–Trinajstić information content (AvgIpc) is 3.47. The van der Waals surface area contributed by atoms with Gasteiger partial charge in [0.25, 0.3) is 0 Å². The smallest absolute Gasteiger partial charge is 0.226 e. The van der Waals surface area contributed by atoms with Gasteiger partial charge in [-0.1, -0.05) is 0 Å². The van der Waals surface area contributed by atoms with E-state index >= 15 is 0 Å². The number of fused-ring (bicyclic) bond motifs is 1. The van der Waals surface area contributed by atoms with E-state index in [1.165, 1.54) is 10.9 Å². The summed E-state index contributed by atoms with van der Waals surface area (Å²) in [6, 6.07) is 0. The minimum absolute atomic E-state index is 0.0415. The second kappa shape index (κ2) is 9.37. The summed E-state index contributed by atoms with van der Waals surface area (Å²) in [5.41, 5.74) is 0.889. The van der Waals surface area contributed by atoms with Crippen LogP contribution in [0.2, 0.25) is 0 Å². The van der Waals surface area contributed by atoms with Crippen molar-refractivity contribution in [1.82, 2.24) is 19.5 Å². The van der Waals surface area contributed by atoms with Gasteiger partial charge in [0, 0.05) is 26.3 Å². The predicted molar refractivity (Wildman–Crippen MR) is 106 cm³/mol. The SMILES string of the molecule is OCCCNc1nc(NCC2CCCO2)c2ncn([C@@H]3O[C@H](CO)[C@@H](O)[C@H]3O)c2n1. The van der Waals surface area contributed by atoms with Crippen LogP contribution in [0.4, 0.5) is 11.8 Å². The summed E-state index contributed by atoms with van der Waals surface area (Å²) in [6.45, 7) is 1.43. The van der Waals surface area contributed by atoms with E-state index in [9.17, 15) is 15.3 Å². The van der Waals surface area contributed by atoms with Crippen molar-refractivity contribution in [2.45, 2.75) is 49.9 Å². The summed E-state index contributed by atoms with van der Waals surface area (Å²) in [4.78, 5) is 13.4. The van der Waals surface area contributed by atoms with Crippen molar-refractivity contribution in [2.75, 3.05) is 43.5 Å². The molecule has 0 amide bonds. The lowest BCUT2D eigenvalue weighted by Crippen LogP contribution is -2.33. The van der Waals surface area contributed by atoms with E-state index in [4.69, 9.17) is 14.6 Å². The molecule has 2 aromatic rings. The molecule has 2 fully saturated rings. The monoisotopic (exact) mass is 424 g/mol. The third kappa shape index (κ3) is 4.19. The fourth-order valence-corrected chi connectivity index (χ4v) is 3.71. The van der Waals surface area contributed by atoms with Crippen LogP contribution in [0.25, 0.3) is 11.2 Å². The topological polar surface area (TPSA) is 167 Å². The van der Waals surface area contributed by atoms with Gasteiger partial charge in [0.15, 0.2) is 23.2 Å². The molecule has 4 heterocycles. The van der Waals surface area contributed by atoms with Crippen LogP contribution in [0.15, 0.2) is 6.33 Å². The Morgan fingerprint density at radius 1 is 1.17 bits per heavy atom. The van der Waals surface area contributed by atoms with Crippen LogP contribution in [-0.4, -0.2) is 97.3 Å². The largest absolute Gasteiger partial charge is 0.396 e. The highest BCUT2D eigenvalue weighted by Gasteiger charge is 2.44. The molecule has 0 radical (unpaired) electrons. The van der Waals surface area contributed by atoms with Gasteiger partial charge in [-0.05, 0) is 19.3 Å². The van der Waals surface area contributed by atoms with Gasteiger partial charge in [-0.2, -0.15) is 9.97 Å². The molecule has 0 aliphatic carbocycles. The summed E-state index contributed by atoms with van der Waals surface area (Å²) < 4.78 is 12.8. The van der Waals surface area contributed by atoms with Crippen LogP contribution >= 0.6 is 0 Å². The molecule has 2 aromatic heterocycles. The minimum Gasteiger partial charge on any atom is -0.396 e. The number of aromatic nitrogens is 4. The first-order valence-electron chi connectivity index (χ1n) is 10.2. The molecule has 1 unspecified atom stereocenters. The maximum atomic E-state index is 10.4. The standard InChI is InChI=1S/C18H28N6O6/c25-5-2-4-19-18-22-15(20-7-10-3-1-6-29-10)12-16(23-18)24(9-21-12)17-14(28)13(27)11(8-26)30-17/h9-11,13-14,17,25-28H,1-8H2,(H2,19,20,22,23)/t10?,11-,13-,14-,17-/m1/s1. The highest BCUT2D eigenvalue weighted by molar-refractivity contribution is 5.84. The fraction of sp³-hybridized carbons (Fsp3) is 0.722. The minimum atomic E-state index is -1.25. The van der Waals surface area contributed by atoms with E-state index in [1.54, 1.807) is 0 Å². The first-order valence-corrected chi connectivity index (χ1v) is 10.2. The number of ether oxygens (including phenoxy) is 2. The lowest BCUT2D eigenvalue weighted by molar-refractivity contribution is -0.0511. The van der Waals surface area contributed by atoms with E-state index in [0.29, 0.717) is 42.4 Å². The van der Waals surface area contributed by atoms with E-state index in [2.05, 4.69) is 25.6 Å². The predicted octanol–water partition coefficient (Wildman–Crippen LogP) is -1.18. The number of rotatable bonds is 9. The molecule has 0 spiro atoms. The second-order valence-electron chi connectivity index (χ2n) is 7.47. The Bertz CT molecular complexity index is 844. The molecule has 5 atom stereocenters. The Balaban J connectivity index is 1.64. The molecule has 4 rings (SSSR count). The Morgan fingerprint density at radius 2 is 2.03 bits per heavy atom. The van der Waals surface area contributed by atoms with Gasteiger partial charge in [-0.15, -0.1) is 0 Å². The molecule has 2 aliphatic heterocycles. The van der Waals surface area contributed by atoms with Crippen molar-refractivity contribution < 1.29 is 29.9 Å². The highest BCUT2D eigenvalue weighted by Crippen LogP contribution is 2.32. The third-order valence-electron chi connectivity index (χ3n) is 5.35. The molecule has 6 N–H and O–H groups in total. The van der Waals surface area contributed by atoms with Crippen LogP contribution in [0.3, 0.4) is 0 Å². The van der Waals surface area contributed by atoms with Gasteiger partial charge in [-0.25, -0.2) is 4.98 Å². The number of aliphatic hydroxyl groups excluding tert-OH is 4. The molecule has 2 aliphatic rings. The maximum absolute atomic E-state index is 10.4. The maximum Gasteiger partial charge on any atom is 0.226 e. The Morgan fingerprint density at radius 3 is 2.73 bits per heavy atom. The summed E-state index contributed by atoms with van der Waals surface area (Å²) in [5.74, 6) is 0.840. The Hall–Kier alpha value is -2.09. The average molecular weight is 424 g/mol. The van der Waals surface area contributed by atoms with Gasteiger partial charge in [0.1, 0.15) is 18.3 Å². The number of aliphatic hydroxyl groups is 4. The van der Waals surface area contributed by atoms with Crippen LogP contribution in [0.1, 0.15) is 25.5 Å². The lowest BCUT2D eigenvalue weighted by atomic mass is 10.1. The van der Waals surface area contributed by atoms with Gasteiger partial charge in [0.2, 0.25) is 5.95 Å². The zero-order valence-corrected chi connectivity index (χ0v) is 16.5. The third-order valence-corrected chi connectivity index (χ3v) is 5.35. The van der Waals surface area contributed by atoms with Gasteiger partial charge >= 0.3 is 0 Å².